The second-order valence-corrected chi connectivity index (χ2v) is 4.22. The van der Waals surface area contributed by atoms with E-state index in [9.17, 15) is 5.11 Å². The van der Waals surface area contributed by atoms with Crippen molar-refractivity contribution in [1.29, 1.82) is 0 Å². The van der Waals surface area contributed by atoms with E-state index in [1.165, 1.54) is 5.56 Å². The lowest BCUT2D eigenvalue weighted by Gasteiger charge is -2.10. The number of benzene rings is 1. The molecule has 1 rings (SSSR count). The van der Waals surface area contributed by atoms with Crippen LogP contribution < -0.4 is 0 Å². The Morgan fingerprint density at radius 2 is 1.93 bits per heavy atom. The minimum absolute atomic E-state index is 0.362. The normalized spacial score (nSPS) is 12.7. The lowest BCUT2D eigenvalue weighted by molar-refractivity contribution is 0.166. The summed E-state index contributed by atoms with van der Waals surface area (Å²) in [6.45, 7) is 2.17. The van der Waals surface area contributed by atoms with E-state index in [1.54, 1.807) is 0 Å². The summed E-state index contributed by atoms with van der Waals surface area (Å²) in [6, 6.07) is 8.24. The van der Waals surface area contributed by atoms with Crippen molar-refractivity contribution in [3.8, 4) is 0 Å². The first-order valence-electron chi connectivity index (χ1n) is 5.60. The molecule has 0 aliphatic heterocycles. The molecule has 1 N–H and O–H groups in total. The summed E-state index contributed by atoms with van der Waals surface area (Å²) in [5.41, 5.74) is 2.34. The molecule has 15 heavy (non-hydrogen) atoms. The van der Waals surface area contributed by atoms with Crippen LogP contribution in [0.3, 0.4) is 0 Å². The Morgan fingerprint density at radius 1 is 1.27 bits per heavy atom. The Labute approximate surface area is 97.1 Å². The molecule has 2 heteroatoms. The zero-order valence-electron chi connectivity index (χ0n) is 9.25. The van der Waals surface area contributed by atoms with Crippen molar-refractivity contribution in [2.24, 2.45) is 0 Å². The molecule has 1 atom stereocenters. The highest BCUT2D eigenvalue weighted by Gasteiger charge is 2.06. The Bertz CT molecular complexity index is 268. The smallest absolute Gasteiger partial charge is 0.0790 e. The van der Waals surface area contributed by atoms with E-state index in [0.717, 1.165) is 31.2 Å². The standard InChI is InChI=1S/C13H19ClO/c1-2-4-11-6-8-12(9-7-11)13(15)5-3-10-14/h6-9,13,15H,2-5,10H2,1H3. The van der Waals surface area contributed by atoms with Crippen LogP contribution in [0.4, 0.5) is 0 Å². The molecule has 0 aliphatic carbocycles. The van der Waals surface area contributed by atoms with Crippen LogP contribution in [0.2, 0.25) is 0 Å². The molecule has 1 unspecified atom stereocenters. The molecule has 0 heterocycles. The van der Waals surface area contributed by atoms with Crippen molar-refractivity contribution in [1.82, 2.24) is 0 Å². The fourth-order valence-corrected chi connectivity index (χ4v) is 1.79. The first-order valence-corrected chi connectivity index (χ1v) is 6.14. The molecule has 1 aromatic carbocycles. The van der Waals surface area contributed by atoms with E-state index in [2.05, 4.69) is 19.1 Å². The molecule has 84 valence electrons. The Hall–Kier alpha value is -0.530. The third-order valence-corrected chi connectivity index (χ3v) is 2.78. The molecule has 0 fully saturated rings. The van der Waals surface area contributed by atoms with Crippen LogP contribution in [-0.2, 0) is 6.42 Å². The number of halogens is 1. The van der Waals surface area contributed by atoms with Crippen molar-refractivity contribution in [3.63, 3.8) is 0 Å². The van der Waals surface area contributed by atoms with E-state index in [1.807, 2.05) is 12.1 Å². The van der Waals surface area contributed by atoms with Crippen LogP contribution in [0.1, 0.15) is 43.4 Å². The van der Waals surface area contributed by atoms with Gasteiger partial charge in [0.15, 0.2) is 0 Å². The molecule has 0 aromatic heterocycles. The van der Waals surface area contributed by atoms with Gasteiger partial charge >= 0.3 is 0 Å². The largest absolute Gasteiger partial charge is 0.388 e. The lowest BCUT2D eigenvalue weighted by atomic mass is 10.0. The average Bonchev–Trinajstić information content (AvgIpc) is 2.27. The van der Waals surface area contributed by atoms with Gasteiger partial charge in [0.2, 0.25) is 0 Å². The van der Waals surface area contributed by atoms with Gasteiger partial charge < -0.3 is 5.11 Å². The third kappa shape index (κ3) is 4.23. The fourth-order valence-electron chi connectivity index (χ4n) is 1.63. The zero-order valence-corrected chi connectivity index (χ0v) is 10.0. The quantitative estimate of drug-likeness (QED) is 0.734. The number of hydrogen-bond donors (Lipinski definition) is 1. The third-order valence-electron chi connectivity index (χ3n) is 2.51. The maximum atomic E-state index is 9.81. The topological polar surface area (TPSA) is 20.2 Å². The molecule has 0 saturated carbocycles. The predicted molar refractivity (Wildman–Crippen MR) is 65.4 cm³/mol. The molecule has 0 bridgehead atoms. The maximum absolute atomic E-state index is 9.81. The number of aliphatic hydroxyl groups is 1. The van der Waals surface area contributed by atoms with E-state index < -0.39 is 0 Å². The van der Waals surface area contributed by atoms with Gasteiger partial charge in [-0.05, 0) is 30.4 Å². The summed E-state index contributed by atoms with van der Waals surface area (Å²) >= 11 is 5.59. The van der Waals surface area contributed by atoms with Gasteiger partial charge in [0.05, 0.1) is 6.10 Å². The number of aliphatic hydroxyl groups excluding tert-OH is 1. The van der Waals surface area contributed by atoms with Crippen LogP contribution in [-0.4, -0.2) is 11.0 Å². The molecule has 0 spiro atoms. The van der Waals surface area contributed by atoms with E-state index in [0.29, 0.717) is 5.88 Å². The van der Waals surface area contributed by atoms with E-state index >= 15 is 0 Å². The second-order valence-electron chi connectivity index (χ2n) is 3.84. The Balaban J connectivity index is 2.54. The van der Waals surface area contributed by atoms with E-state index in [4.69, 9.17) is 11.6 Å². The van der Waals surface area contributed by atoms with Crippen molar-refractivity contribution < 1.29 is 5.11 Å². The maximum Gasteiger partial charge on any atom is 0.0790 e. The van der Waals surface area contributed by atoms with Gasteiger partial charge in [0.1, 0.15) is 0 Å². The van der Waals surface area contributed by atoms with Crippen molar-refractivity contribution >= 4 is 11.6 Å². The zero-order chi connectivity index (χ0) is 11.1. The summed E-state index contributed by atoms with van der Waals surface area (Å²) in [5.74, 6) is 0.616. The van der Waals surface area contributed by atoms with Crippen LogP contribution in [0, 0.1) is 0 Å². The molecule has 0 amide bonds. The molecule has 1 aromatic rings. The van der Waals surface area contributed by atoms with Gasteiger partial charge in [-0.3, -0.25) is 0 Å². The molecule has 0 saturated heterocycles. The van der Waals surface area contributed by atoms with Gasteiger partial charge in [-0.15, -0.1) is 11.6 Å². The highest BCUT2D eigenvalue weighted by molar-refractivity contribution is 6.17. The van der Waals surface area contributed by atoms with Crippen molar-refractivity contribution in [3.05, 3.63) is 35.4 Å². The van der Waals surface area contributed by atoms with Gasteiger partial charge in [-0.2, -0.15) is 0 Å². The van der Waals surface area contributed by atoms with Crippen LogP contribution in [0.25, 0.3) is 0 Å². The Kier molecular flexibility index (Phi) is 5.74. The van der Waals surface area contributed by atoms with Gasteiger partial charge in [0.25, 0.3) is 0 Å². The summed E-state index contributed by atoms with van der Waals surface area (Å²) in [6.07, 6.45) is 3.52. The lowest BCUT2D eigenvalue weighted by Crippen LogP contribution is -1.98. The first kappa shape index (κ1) is 12.5. The van der Waals surface area contributed by atoms with Crippen LogP contribution in [0.15, 0.2) is 24.3 Å². The average molecular weight is 227 g/mol. The summed E-state index contributed by atoms with van der Waals surface area (Å²) in [7, 11) is 0. The van der Waals surface area contributed by atoms with Gasteiger partial charge in [-0.1, -0.05) is 37.6 Å². The van der Waals surface area contributed by atoms with Crippen molar-refractivity contribution in [2.75, 3.05) is 5.88 Å². The monoisotopic (exact) mass is 226 g/mol. The predicted octanol–water partition coefficient (Wildman–Crippen LogP) is 3.69. The minimum Gasteiger partial charge on any atom is -0.388 e. The molecule has 1 nitrogen and oxygen atoms in total. The molecule has 0 radical (unpaired) electrons. The first-order chi connectivity index (χ1) is 7.27. The van der Waals surface area contributed by atoms with E-state index in [-0.39, 0.29) is 6.10 Å². The SMILES string of the molecule is CCCc1ccc(C(O)CCCCl)cc1. The molecular weight excluding hydrogens is 208 g/mol. The number of alkyl halides is 1. The summed E-state index contributed by atoms with van der Waals surface area (Å²) in [4.78, 5) is 0. The summed E-state index contributed by atoms with van der Waals surface area (Å²) < 4.78 is 0. The minimum atomic E-state index is -0.362. The Morgan fingerprint density at radius 3 is 2.47 bits per heavy atom. The van der Waals surface area contributed by atoms with Crippen LogP contribution in [0.5, 0.6) is 0 Å². The van der Waals surface area contributed by atoms with Gasteiger partial charge in [0, 0.05) is 5.88 Å². The second kappa shape index (κ2) is 6.86. The van der Waals surface area contributed by atoms with Crippen molar-refractivity contribution in [2.45, 2.75) is 38.7 Å². The summed E-state index contributed by atoms with van der Waals surface area (Å²) in [5, 5.41) is 9.81. The number of rotatable bonds is 6. The molecular formula is C13H19ClO. The number of aryl methyl sites for hydroxylation is 1. The molecule has 0 aliphatic rings. The highest BCUT2D eigenvalue weighted by atomic mass is 35.5. The van der Waals surface area contributed by atoms with Gasteiger partial charge in [-0.25, -0.2) is 0 Å². The highest BCUT2D eigenvalue weighted by Crippen LogP contribution is 2.19. The van der Waals surface area contributed by atoms with Crippen LogP contribution >= 0.6 is 11.6 Å². The fraction of sp³-hybridized carbons (Fsp3) is 0.538. The number of hydrogen-bond acceptors (Lipinski definition) is 1.